The van der Waals surface area contributed by atoms with Crippen molar-refractivity contribution >= 4 is 22.0 Å². The third-order valence-corrected chi connectivity index (χ3v) is 6.54. The van der Waals surface area contributed by atoms with Gasteiger partial charge >= 0.3 is 11.9 Å². The number of nitrogens with one attached hydrogen (secondary N) is 1. The summed E-state index contributed by atoms with van der Waals surface area (Å²) < 4.78 is 37.7. The van der Waals surface area contributed by atoms with Gasteiger partial charge in [-0.15, -0.1) is 0 Å². The lowest BCUT2D eigenvalue weighted by Crippen LogP contribution is -2.43. The molecule has 0 heterocycles. The molecule has 7 nitrogen and oxygen atoms in total. The first-order valence-electron chi connectivity index (χ1n) is 8.53. The van der Waals surface area contributed by atoms with Crippen LogP contribution in [0.4, 0.5) is 0 Å². The predicted octanol–water partition coefficient (Wildman–Crippen LogP) is 2.36. The van der Waals surface area contributed by atoms with Crippen molar-refractivity contribution in [1.29, 1.82) is 0 Å². The van der Waals surface area contributed by atoms with E-state index in [0.29, 0.717) is 5.92 Å². The number of hydrogen-bond donors (Lipinski definition) is 1. The third-order valence-electron chi connectivity index (χ3n) is 5.07. The molecule has 0 radical (unpaired) electrons. The summed E-state index contributed by atoms with van der Waals surface area (Å²) in [7, 11) is -1.54. The Balaban J connectivity index is 2.41. The highest BCUT2D eigenvalue weighted by atomic mass is 32.2. The molecule has 1 saturated carbocycles. The predicted molar refractivity (Wildman–Crippen MR) is 95.4 cm³/mol. The van der Waals surface area contributed by atoms with Gasteiger partial charge in [-0.25, -0.2) is 22.7 Å². The van der Waals surface area contributed by atoms with Crippen LogP contribution in [-0.2, 0) is 19.5 Å². The van der Waals surface area contributed by atoms with Crippen LogP contribution in [0.2, 0.25) is 0 Å². The third kappa shape index (κ3) is 4.42. The summed E-state index contributed by atoms with van der Waals surface area (Å²) in [5, 5.41) is 0. The van der Waals surface area contributed by atoms with Crippen LogP contribution in [0, 0.1) is 11.8 Å². The van der Waals surface area contributed by atoms with Crippen molar-refractivity contribution in [2.24, 2.45) is 11.8 Å². The fourth-order valence-electron chi connectivity index (χ4n) is 3.24. The van der Waals surface area contributed by atoms with Gasteiger partial charge in [0.1, 0.15) is 0 Å². The molecule has 0 amide bonds. The van der Waals surface area contributed by atoms with Crippen molar-refractivity contribution in [2.45, 2.75) is 44.0 Å². The van der Waals surface area contributed by atoms with Crippen LogP contribution in [0.3, 0.4) is 0 Å². The Bertz CT molecular complexity index is 755. The van der Waals surface area contributed by atoms with E-state index in [0.717, 1.165) is 19.3 Å². The van der Waals surface area contributed by atoms with Crippen LogP contribution in [0.5, 0.6) is 0 Å². The smallest absolute Gasteiger partial charge is 0.337 e. The van der Waals surface area contributed by atoms with E-state index in [1.807, 2.05) is 6.92 Å². The van der Waals surface area contributed by atoms with Gasteiger partial charge in [0.15, 0.2) is 0 Å². The summed E-state index contributed by atoms with van der Waals surface area (Å²) in [5.41, 5.74) is -0.0540. The maximum Gasteiger partial charge on any atom is 0.337 e. The molecule has 144 valence electrons. The Morgan fingerprint density at radius 2 is 1.54 bits per heavy atom. The van der Waals surface area contributed by atoms with E-state index in [1.165, 1.54) is 32.4 Å². The lowest BCUT2D eigenvalue weighted by molar-refractivity contribution is 0.0598. The van der Waals surface area contributed by atoms with E-state index in [-0.39, 0.29) is 28.0 Å². The van der Waals surface area contributed by atoms with E-state index in [1.54, 1.807) is 0 Å². The van der Waals surface area contributed by atoms with Gasteiger partial charge < -0.3 is 9.47 Å². The monoisotopic (exact) mass is 383 g/mol. The number of esters is 2. The van der Waals surface area contributed by atoms with Crippen LogP contribution in [0.15, 0.2) is 23.1 Å². The van der Waals surface area contributed by atoms with Gasteiger partial charge in [-0.3, -0.25) is 0 Å². The Morgan fingerprint density at radius 1 is 1.00 bits per heavy atom. The zero-order chi connectivity index (χ0) is 19.5. The fraction of sp³-hybridized carbons (Fsp3) is 0.556. The van der Waals surface area contributed by atoms with Gasteiger partial charge in [0.2, 0.25) is 10.0 Å². The number of carbonyl (C=O) groups is 2. The highest BCUT2D eigenvalue weighted by Gasteiger charge is 2.31. The summed E-state index contributed by atoms with van der Waals surface area (Å²) in [6, 6.07) is 3.48. The molecular weight excluding hydrogens is 358 g/mol. The zero-order valence-electron chi connectivity index (χ0n) is 15.4. The maximum atomic E-state index is 12.9. The highest BCUT2D eigenvalue weighted by Crippen LogP contribution is 2.30. The first-order chi connectivity index (χ1) is 12.2. The molecule has 0 unspecified atom stereocenters. The van der Waals surface area contributed by atoms with Crippen LogP contribution in [-0.4, -0.2) is 40.6 Å². The highest BCUT2D eigenvalue weighted by molar-refractivity contribution is 7.89. The van der Waals surface area contributed by atoms with Crippen molar-refractivity contribution in [1.82, 2.24) is 4.72 Å². The maximum absolute atomic E-state index is 12.9. The van der Waals surface area contributed by atoms with Crippen molar-refractivity contribution in [2.75, 3.05) is 14.2 Å². The Morgan fingerprint density at radius 3 is 2.04 bits per heavy atom. The van der Waals surface area contributed by atoms with Gasteiger partial charge in [-0.2, -0.15) is 0 Å². The van der Waals surface area contributed by atoms with E-state index in [2.05, 4.69) is 21.1 Å². The second kappa shape index (κ2) is 8.18. The van der Waals surface area contributed by atoms with Crippen molar-refractivity contribution in [3.63, 3.8) is 0 Å². The first kappa shape index (κ1) is 20.4. The second-order valence-corrected chi connectivity index (χ2v) is 8.44. The van der Waals surface area contributed by atoms with Crippen molar-refractivity contribution in [3.8, 4) is 0 Å². The molecule has 1 aliphatic carbocycles. The quantitative estimate of drug-likeness (QED) is 0.784. The number of hydrogen-bond acceptors (Lipinski definition) is 6. The molecule has 0 bridgehead atoms. The number of methoxy groups -OCH3 is 2. The van der Waals surface area contributed by atoms with Gasteiger partial charge in [-0.05, 0) is 36.5 Å². The van der Waals surface area contributed by atoms with E-state index in [9.17, 15) is 18.0 Å². The Hall–Kier alpha value is -1.93. The molecule has 0 spiro atoms. The summed E-state index contributed by atoms with van der Waals surface area (Å²) in [6.45, 7) is 4.14. The molecule has 0 aromatic heterocycles. The standard InChI is InChI=1S/C18H25NO6S/c1-11-6-5-7-16(12(11)2)19-26(22,23)15-9-13(17(20)24-3)8-14(10-15)18(21)25-4/h8-12,16,19H,5-7H2,1-4H3/t11-,12-,16+/m0/s1. The molecule has 1 aliphatic rings. The summed E-state index contributed by atoms with van der Waals surface area (Å²) in [6.07, 6.45) is 2.78. The topological polar surface area (TPSA) is 98.8 Å². The van der Waals surface area contributed by atoms with Crippen LogP contribution < -0.4 is 4.72 Å². The molecule has 1 aromatic rings. The number of sulfonamides is 1. The van der Waals surface area contributed by atoms with Crippen LogP contribution >= 0.6 is 0 Å². The molecule has 1 aromatic carbocycles. The molecule has 8 heteroatoms. The first-order valence-corrected chi connectivity index (χ1v) is 10.0. The number of ether oxygens (including phenoxy) is 2. The van der Waals surface area contributed by atoms with Crippen LogP contribution in [0.1, 0.15) is 53.8 Å². The number of rotatable bonds is 5. The molecule has 2 rings (SSSR count). The molecule has 0 saturated heterocycles. The molecular formula is C18H25NO6S. The van der Waals surface area contributed by atoms with Crippen molar-refractivity contribution in [3.05, 3.63) is 29.3 Å². The molecule has 1 fully saturated rings. The minimum absolute atomic E-state index is 0.0270. The molecule has 0 aliphatic heterocycles. The summed E-state index contributed by atoms with van der Waals surface area (Å²) in [5.74, 6) is -0.843. The van der Waals surface area contributed by atoms with E-state index < -0.39 is 22.0 Å². The number of carbonyl (C=O) groups excluding carboxylic acids is 2. The zero-order valence-corrected chi connectivity index (χ0v) is 16.3. The fourth-order valence-corrected chi connectivity index (χ4v) is 4.67. The lowest BCUT2D eigenvalue weighted by atomic mass is 9.78. The van der Waals surface area contributed by atoms with E-state index in [4.69, 9.17) is 0 Å². The summed E-state index contributed by atoms with van der Waals surface area (Å²) >= 11 is 0. The van der Waals surface area contributed by atoms with Gasteiger partial charge in [-0.1, -0.05) is 26.7 Å². The van der Waals surface area contributed by atoms with Gasteiger partial charge in [0, 0.05) is 6.04 Å². The minimum atomic E-state index is -3.91. The largest absolute Gasteiger partial charge is 0.465 e. The van der Waals surface area contributed by atoms with Crippen LogP contribution in [0.25, 0.3) is 0 Å². The van der Waals surface area contributed by atoms with E-state index >= 15 is 0 Å². The molecule has 3 atom stereocenters. The minimum Gasteiger partial charge on any atom is -0.465 e. The Labute approximate surface area is 154 Å². The SMILES string of the molecule is COC(=O)c1cc(C(=O)OC)cc(S(=O)(=O)N[C@@H]2CCC[C@H](C)[C@@H]2C)c1. The normalized spacial score (nSPS) is 23.3. The average Bonchev–Trinajstić information content (AvgIpc) is 2.63. The summed E-state index contributed by atoms with van der Waals surface area (Å²) in [4.78, 5) is 23.5. The average molecular weight is 383 g/mol. The Kier molecular flexibility index (Phi) is 6.41. The molecule has 26 heavy (non-hydrogen) atoms. The molecule has 1 N–H and O–H groups in total. The number of benzene rings is 1. The second-order valence-electron chi connectivity index (χ2n) is 6.72. The van der Waals surface area contributed by atoms with Gasteiger partial charge in [0.25, 0.3) is 0 Å². The van der Waals surface area contributed by atoms with Gasteiger partial charge in [0.05, 0.1) is 30.2 Å². The van der Waals surface area contributed by atoms with Crippen molar-refractivity contribution < 1.29 is 27.5 Å². The lowest BCUT2D eigenvalue weighted by Gasteiger charge is -2.34.